The van der Waals surface area contributed by atoms with E-state index in [1.165, 1.54) is 17.7 Å². The van der Waals surface area contributed by atoms with E-state index in [1.807, 2.05) is 24.3 Å². The van der Waals surface area contributed by atoms with Gasteiger partial charge in [-0.2, -0.15) is 5.10 Å². The van der Waals surface area contributed by atoms with Crippen molar-refractivity contribution >= 4 is 21.4 Å². The van der Waals surface area contributed by atoms with Crippen molar-refractivity contribution in [2.24, 2.45) is 0 Å². The van der Waals surface area contributed by atoms with Crippen LogP contribution in [0.25, 0.3) is 0 Å². The minimum Gasteiger partial charge on any atom is -0.249 e. The molecule has 0 atom stereocenters. The van der Waals surface area contributed by atoms with Gasteiger partial charge in [0, 0.05) is 6.54 Å². The van der Waals surface area contributed by atoms with Gasteiger partial charge in [0.15, 0.2) is 0 Å². The van der Waals surface area contributed by atoms with Gasteiger partial charge in [-0.15, -0.1) is 11.3 Å². The van der Waals surface area contributed by atoms with Crippen LogP contribution >= 0.6 is 11.3 Å². The Bertz CT molecular complexity index is 810. The summed E-state index contributed by atoms with van der Waals surface area (Å²) in [6, 6.07) is 11.0. The Morgan fingerprint density at radius 3 is 2.55 bits per heavy atom. The first-order chi connectivity index (χ1) is 10.6. The molecule has 3 aromatic rings. The number of nitrogens with one attached hydrogen (secondary N) is 1. The zero-order chi connectivity index (χ0) is 15.4. The summed E-state index contributed by atoms with van der Waals surface area (Å²) in [6.07, 6.45) is 3.15. The first kappa shape index (κ1) is 14.9. The molecule has 0 spiro atoms. The maximum atomic E-state index is 12.0. The standard InChI is InChI=1S/C14H14N4O2S2/c19-22(20,14-2-1-7-21-14)17-8-12-3-5-13(6-4-12)9-18-11-15-10-16-18/h1-7,10-11,17H,8-9H2. The number of nitrogens with zero attached hydrogens (tertiary/aromatic N) is 3. The average molecular weight is 334 g/mol. The average Bonchev–Trinajstić information content (AvgIpc) is 3.20. The molecule has 0 aliphatic carbocycles. The Balaban J connectivity index is 1.62. The maximum absolute atomic E-state index is 12.0. The molecule has 1 N–H and O–H groups in total. The highest BCUT2D eigenvalue weighted by atomic mass is 32.2. The Morgan fingerprint density at radius 2 is 1.91 bits per heavy atom. The lowest BCUT2D eigenvalue weighted by Gasteiger charge is -2.06. The summed E-state index contributed by atoms with van der Waals surface area (Å²) in [5, 5.41) is 5.79. The van der Waals surface area contributed by atoms with Crippen LogP contribution in [0.15, 0.2) is 58.6 Å². The van der Waals surface area contributed by atoms with Crippen LogP contribution in [-0.4, -0.2) is 23.2 Å². The molecule has 8 heteroatoms. The molecule has 2 aromatic heterocycles. The maximum Gasteiger partial charge on any atom is 0.250 e. The summed E-state index contributed by atoms with van der Waals surface area (Å²) in [4.78, 5) is 3.89. The Hall–Kier alpha value is -2.03. The third kappa shape index (κ3) is 3.59. The molecule has 22 heavy (non-hydrogen) atoms. The van der Waals surface area contributed by atoms with Gasteiger partial charge in [0.05, 0.1) is 6.54 Å². The van der Waals surface area contributed by atoms with Crippen molar-refractivity contribution in [3.63, 3.8) is 0 Å². The number of sulfonamides is 1. The third-order valence-corrected chi connectivity index (χ3v) is 5.86. The summed E-state index contributed by atoms with van der Waals surface area (Å²) in [5.74, 6) is 0. The van der Waals surface area contributed by atoms with Gasteiger partial charge in [-0.1, -0.05) is 30.3 Å². The van der Waals surface area contributed by atoms with Crippen LogP contribution in [0.1, 0.15) is 11.1 Å². The fraction of sp³-hybridized carbons (Fsp3) is 0.143. The molecule has 0 aliphatic heterocycles. The van der Waals surface area contributed by atoms with E-state index in [2.05, 4.69) is 14.8 Å². The molecule has 0 radical (unpaired) electrons. The largest absolute Gasteiger partial charge is 0.250 e. The second-order valence-corrected chi connectivity index (χ2v) is 7.61. The summed E-state index contributed by atoms with van der Waals surface area (Å²) < 4.78 is 28.7. The van der Waals surface area contributed by atoms with Crippen LogP contribution in [-0.2, 0) is 23.1 Å². The number of hydrogen-bond acceptors (Lipinski definition) is 5. The van der Waals surface area contributed by atoms with Crippen LogP contribution in [0, 0.1) is 0 Å². The fourth-order valence-electron chi connectivity index (χ4n) is 1.93. The highest BCUT2D eigenvalue weighted by Gasteiger charge is 2.14. The van der Waals surface area contributed by atoms with Crippen molar-refractivity contribution in [3.05, 3.63) is 65.6 Å². The highest BCUT2D eigenvalue weighted by molar-refractivity contribution is 7.91. The minimum absolute atomic E-state index is 0.268. The van der Waals surface area contributed by atoms with E-state index in [1.54, 1.807) is 28.5 Å². The highest BCUT2D eigenvalue weighted by Crippen LogP contribution is 2.16. The van der Waals surface area contributed by atoms with Crippen molar-refractivity contribution in [2.75, 3.05) is 0 Å². The molecule has 1 aromatic carbocycles. The van der Waals surface area contributed by atoms with Crippen LogP contribution in [0.4, 0.5) is 0 Å². The monoisotopic (exact) mass is 334 g/mol. The third-order valence-electron chi connectivity index (χ3n) is 3.06. The molecule has 0 bridgehead atoms. The Morgan fingerprint density at radius 1 is 1.14 bits per heavy atom. The van der Waals surface area contributed by atoms with Crippen LogP contribution in [0.3, 0.4) is 0 Å². The Kier molecular flexibility index (Phi) is 4.32. The van der Waals surface area contributed by atoms with Crippen LogP contribution < -0.4 is 4.72 Å². The lowest BCUT2D eigenvalue weighted by atomic mass is 10.1. The first-order valence-corrected chi connectivity index (χ1v) is 8.93. The summed E-state index contributed by atoms with van der Waals surface area (Å²) >= 11 is 1.20. The van der Waals surface area contributed by atoms with E-state index in [-0.39, 0.29) is 6.54 Å². The molecule has 0 saturated carbocycles. The lowest BCUT2D eigenvalue weighted by Crippen LogP contribution is -2.22. The zero-order valence-corrected chi connectivity index (χ0v) is 13.2. The summed E-state index contributed by atoms with van der Waals surface area (Å²) in [6.45, 7) is 0.908. The van der Waals surface area contributed by atoms with Gasteiger partial charge >= 0.3 is 0 Å². The quantitative estimate of drug-likeness (QED) is 0.746. The SMILES string of the molecule is O=S(=O)(NCc1ccc(Cn2cncn2)cc1)c1cccs1. The van der Waals surface area contributed by atoms with Crippen LogP contribution in [0.5, 0.6) is 0 Å². The van der Waals surface area contributed by atoms with Gasteiger partial charge in [-0.3, -0.25) is 0 Å². The number of thiophene rings is 1. The first-order valence-electron chi connectivity index (χ1n) is 6.57. The second kappa shape index (κ2) is 6.39. The van der Waals surface area contributed by atoms with Gasteiger partial charge in [0.1, 0.15) is 16.9 Å². The molecular formula is C14H14N4O2S2. The number of rotatable bonds is 6. The van der Waals surface area contributed by atoms with Crippen molar-refractivity contribution < 1.29 is 8.42 Å². The van der Waals surface area contributed by atoms with Crippen molar-refractivity contribution in [1.82, 2.24) is 19.5 Å². The molecule has 6 nitrogen and oxygen atoms in total. The van der Waals surface area contributed by atoms with Gasteiger partial charge in [0.25, 0.3) is 0 Å². The normalized spacial score (nSPS) is 11.6. The fourth-order valence-corrected chi connectivity index (χ4v) is 3.99. The Labute approximate surface area is 132 Å². The molecule has 0 saturated heterocycles. The molecule has 114 valence electrons. The number of hydrogen-bond donors (Lipinski definition) is 1. The minimum atomic E-state index is -3.42. The molecule has 3 rings (SSSR count). The van der Waals surface area contributed by atoms with Gasteiger partial charge in [0.2, 0.25) is 10.0 Å². The summed E-state index contributed by atoms with van der Waals surface area (Å²) in [5.41, 5.74) is 1.98. The van der Waals surface area contributed by atoms with Crippen LogP contribution in [0.2, 0.25) is 0 Å². The second-order valence-electron chi connectivity index (χ2n) is 4.67. The van der Waals surface area contributed by atoms with Gasteiger partial charge < -0.3 is 0 Å². The molecule has 0 aliphatic rings. The predicted octanol–water partition coefficient (Wildman–Crippen LogP) is 1.87. The predicted molar refractivity (Wildman–Crippen MR) is 83.9 cm³/mol. The topological polar surface area (TPSA) is 76.9 Å². The molecular weight excluding hydrogens is 320 g/mol. The smallest absolute Gasteiger partial charge is 0.249 e. The number of aromatic nitrogens is 3. The molecule has 0 unspecified atom stereocenters. The van der Waals surface area contributed by atoms with E-state index < -0.39 is 10.0 Å². The van der Waals surface area contributed by atoms with E-state index in [0.29, 0.717) is 10.8 Å². The zero-order valence-electron chi connectivity index (χ0n) is 11.6. The molecule has 0 amide bonds. The number of benzene rings is 1. The van der Waals surface area contributed by atoms with Crippen molar-refractivity contribution in [3.8, 4) is 0 Å². The molecule has 2 heterocycles. The molecule has 0 fully saturated rings. The van der Waals surface area contributed by atoms with E-state index in [4.69, 9.17) is 0 Å². The van der Waals surface area contributed by atoms with E-state index in [0.717, 1.165) is 11.1 Å². The van der Waals surface area contributed by atoms with Crippen molar-refractivity contribution in [2.45, 2.75) is 17.3 Å². The van der Waals surface area contributed by atoms with E-state index >= 15 is 0 Å². The van der Waals surface area contributed by atoms with Crippen molar-refractivity contribution in [1.29, 1.82) is 0 Å². The van der Waals surface area contributed by atoms with Gasteiger partial charge in [-0.25, -0.2) is 22.8 Å². The van der Waals surface area contributed by atoms with Gasteiger partial charge in [-0.05, 0) is 22.6 Å². The van der Waals surface area contributed by atoms with E-state index in [9.17, 15) is 8.42 Å². The summed E-state index contributed by atoms with van der Waals surface area (Å²) in [7, 11) is -3.42. The lowest BCUT2D eigenvalue weighted by molar-refractivity contribution is 0.583.